The number of hydrogen-bond acceptors (Lipinski definition) is 8. The fourth-order valence-corrected chi connectivity index (χ4v) is 8.76. The van der Waals surface area contributed by atoms with Crippen LogP contribution in [0, 0.1) is 11.2 Å². The van der Waals surface area contributed by atoms with Crippen molar-refractivity contribution in [1.29, 1.82) is 0 Å². The van der Waals surface area contributed by atoms with Gasteiger partial charge in [0, 0.05) is 46.7 Å². The van der Waals surface area contributed by atoms with Crippen LogP contribution in [0.4, 0.5) is 4.39 Å². The predicted molar refractivity (Wildman–Crippen MR) is 157 cm³/mol. The molecule has 0 saturated carbocycles. The van der Waals surface area contributed by atoms with Gasteiger partial charge in [-0.3, -0.25) is 24.6 Å². The summed E-state index contributed by atoms with van der Waals surface area (Å²) >= 11 is 0. The number of nitrogens with zero attached hydrogens (tertiary/aromatic N) is 4. The molecule has 4 saturated heterocycles. The van der Waals surface area contributed by atoms with Gasteiger partial charge >= 0.3 is 0 Å². The Morgan fingerprint density at radius 1 is 1.07 bits per heavy atom. The number of benzene rings is 1. The first-order valence-corrected chi connectivity index (χ1v) is 16.9. The lowest BCUT2D eigenvalue weighted by atomic mass is 9.77. The number of likely N-dealkylation sites (tertiary alicyclic amines) is 1. The predicted octanol–water partition coefficient (Wildman–Crippen LogP) is 2.19. The highest BCUT2D eigenvalue weighted by Gasteiger charge is 2.42. The molecule has 230 valence electrons. The summed E-state index contributed by atoms with van der Waals surface area (Å²) in [6.07, 6.45) is 4.30. The number of imide groups is 1. The highest BCUT2D eigenvalue weighted by Crippen LogP contribution is 2.40. The van der Waals surface area contributed by atoms with E-state index in [1.165, 1.54) is 4.90 Å². The summed E-state index contributed by atoms with van der Waals surface area (Å²) in [6.45, 7) is 4.05. The van der Waals surface area contributed by atoms with Crippen LogP contribution in [-0.2, 0) is 37.3 Å². The summed E-state index contributed by atoms with van der Waals surface area (Å²) in [7, 11) is -3.08. The van der Waals surface area contributed by atoms with Crippen LogP contribution in [-0.4, -0.2) is 89.3 Å². The third kappa shape index (κ3) is 4.47. The number of carbonyl (C=O) groups excluding carboxylic acids is 3. The van der Waals surface area contributed by atoms with E-state index in [1.54, 1.807) is 12.1 Å². The van der Waals surface area contributed by atoms with E-state index in [4.69, 9.17) is 9.72 Å². The van der Waals surface area contributed by atoms with E-state index in [0.717, 1.165) is 50.1 Å². The molecule has 4 fully saturated rings. The standard InChI is InChI=1S/C31H32FN5O6S/c32-27-22(2-1-21-23(27)13-37(30(21)40)25-3-4-26(38)34-29(25)39)24-11-18(12-35-9-6-31(7-10-35)16-43-17-31)20-5-8-36(28(20)33-24)19-14-44(41,42)15-19/h1-2,5,8,11,19,25H,3-4,6-7,9-10,12-17H2,(H,34,38,39). The van der Waals surface area contributed by atoms with Gasteiger partial charge < -0.3 is 14.2 Å². The molecule has 0 bridgehead atoms. The number of piperidine rings is 2. The lowest BCUT2D eigenvalue weighted by Crippen LogP contribution is -2.52. The minimum absolute atomic E-state index is 0.0415. The van der Waals surface area contributed by atoms with Gasteiger partial charge in [-0.05, 0) is 62.2 Å². The third-order valence-corrected chi connectivity index (χ3v) is 11.9. The maximum absolute atomic E-state index is 16.3. The number of aromatic nitrogens is 2. The Bertz CT molecular complexity index is 1850. The molecule has 1 N–H and O–H groups in total. The summed E-state index contributed by atoms with van der Waals surface area (Å²) in [5, 5.41) is 3.18. The Labute approximate surface area is 253 Å². The van der Waals surface area contributed by atoms with E-state index in [-0.39, 0.29) is 59.5 Å². The van der Waals surface area contributed by atoms with Crippen LogP contribution in [0.2, 0.25) is 0 Å². The number of sulfone groups is 1. The van der Waals surface area contributed by atoms with Gasteiger partial charge in [0.1, 0.15) is 17.5 Å². The van der Waals surface area contributed by atoms with E-state index in [9.17, 15) is 22.8 Å². The molecular formula is C31H32FN5O6S. The van der Waals surface area contributed by atoms with Gasteiger partial charge in [-0.2, -0.15) is 0 Å². The van der Waals surface area contributed by atoms with Gasteiger partial charge in [0.25, 0.3) is 5.91 Å². The molecule has 11 nitrogen and oxygen atoms in total. The SMILES string of the molecule is O=C1CCC(N2Cc3c(ccc(-c4cc(CN5CCC6(CC5)COC6)c5ccn(C6CS(=O)(=O)C6)c5n4)c3F)C2=O)C(=O)N1. The molecular weight excluding hydrogens is 589 g/mol. The molecule has 7 heterocycles. The first-order valence-electron chi connectivity index (χ1n) is 15.1. The molecule has 5 aliphatic heterocycles. The lowest BCUT2D eigenvalue weighted by molar-refractivity contribution is -0.140. The number of pyridine rings is 1. The summed E-state index contributed by atoms with van der Waals surface area (Å²) in [5.41, 5.74) is 2.92. The number of fused-ring (bicyclic) bond motifs is 2. The fraction of sp³-hybridized carbons (Fsp3) is 0.484. The van der Waals surface area contributed by atoms with Crippen LogP contribution in [0.1, 0.15) is 53.2 Å². The van der Waals surface area contributed by atoms with Gasteiger partial charge in [0.15, 0.2) is 9.84 Å². The zero-order chi connectivity index (χ0) is 30.4. The van der Waals surface area contributed by atoms with Crippen LogP contribution < -0.4 is 5.32 Å². The van der Waals surface area contributed by atoms with Crippen molar-refractivity contribution >= 4 is 38.6 Å². The van der Waals surface area contributed by atoms with E-state index in [0.29, 0.717) is 23.3 Å². The molecule has 1 unspecified atom stereocenters. The molecule has 5 aliphatic rings. The number of carbonyl (C=O) groups is 3. The lowest BCUT2D eigenvalue weighted by Gasteiger charge is -2.47. The maximum atomic E-state index is 16.3. The van der Waals surface area contributed by atoms with Crippen molar-refractivity contribution in [2.24, 2.45) is 5.41 Å². The Kier molecular flexibility index (Phi) is 6.27. The van der Waals surface area contributed by atoms with E-state index >= 15 is 4.39 Å². The van der Waals surface area contributed by atoms with Crippen LogP contribution in [0.25, 0.3) is 22.3 Å². The Morgan fingerprint density at radius 2 is 1.82 bits per heavy atom. The zero-order valence-electron chi connectivity index (χ0n) is 24.1. The number of rotatable bonds is 5. The first-order chi connectivity index (χ1) is 21.1. The zero-order valence-corrected chi connectivity index (χ0v) is 24.9. The molecule has 44 heavy (non-hydrogen) atoms. The molecule has 2 aromatic heterocycles. The Hall–Kier alpha value is -3.68. The highest BCUT2D eigenvalue weighted by atomic mass is 32.2. The van der Waals surface area contributed by atoms with Crippen LogP contribution in [0.15, 0.2) is 30.5 Å². The van der Waals surface area contributed by atoms with Crippen molar-refractivity contribution < 1.29 is 31.9 Å². The van der Waals surface area contributed by atoms with Gasteiger partial charge in [-0.1, -0.05) is 0 Å². The van der Waals surface area contributed by atoms with Gasteiger partial charge in [-0.25, -0.2) is 17.8 Å². The molecule has 3 aromatic rings. The van der Waals surface area contributed by atoms with Gasteiger partial charge in [0.05, 0.1) is 43.0 Å². The first kappa shape index (κ1) is 27.8. The fourth-order valence-electron chi connectivity index (χ4n) is 7.37. The van der Waals surface area contributed by atoms with Crippen LogP contribution in [0.5, 0.6) is 0 Å². The van der Waals surface area contributed by atoms with Crippen molar-refractivity contribution in [2.75, 3.05) is 37.8 Å². The topological polar surface area (TPSA) is 131 Å². The normalized spacial score (nSPS) is 24.8. The number of halogens is 1. The second-order valence-corrected chi connectivity index (χ2v) is 15.1. The minimum Gasteiger partial charge on any atom is -0.380 e. The van der Waals surface area contributed by atoms with Crippen LogP contribution in [0.3, 0.4) is 0 Å². The average Bonchev–Trinajstić information content (AvgIpc) is 3.53. The van der Waals surface area contributed by atoms with Crippen LogP contribution >= 0.6 is 0 Å². The summed E-state index contributed by atoms with van der Waals surface area (Å²) < 4.78 is 47.7. The molecule has 1 atom stereocenters. The molecule has 3 amide bonds. The van der Waals surface area contributed by atoms with Gasteiger partial charge in [0.2, 0.25) is 11.8 Å². The van der Waals surface area contributed by atoms with Gasteiger partial charge in [-0.15, -0.1) is 0 Å². The van der Waals surface area contributed by atoms with Crippen molar-refractivity contribution in [1.82, 2.24) is 24.7 Å². The molecule has 1 aromatic carbocycles. The van der Waals surface area contributed by atoms with Crippen molar-refractivity contribution in [3.05, 3.63) is 53.0 Å². The molecule has 1 spiro atoms. The molecule has 0 radical (unpaired) electrons. The Morgan fingerprint density at radius 3 is 2.50 bits per heavy atom. The summed E-state index contributed by atoms with van der Waals surface area (Å²) in [5.74, 6) is -1.86. The second kappa shape index (κ2) is 9.91. The number of ether oxygens (including phenoxy) is 1. The van der Waals surface area contributed by atoms with E-state index in [2.05, 4.69) is 10.2 Å². The second-order valence-electron chi connectivity index (χ2n) is 13.0. The number of amides is 3. The smallest absolute Gasteiger partial charge is 0.255 e. The quantitative estimate of drug-likeness (QED) is 0.429. The molecule has 8 rings (SSSR count). The molecule has 13 heteroatoms. The monoisotopic (exact) mass is 621 g/mol. The minimum atomic E-state index is -3.08. The maximum Gasteiger partial charge on any atom is 0.255 e. The third-order valence-electron chi connectivity index (χ3n) is 10.1. The van der Waals surface area contributed by atoms with Crippen molar-refractivity contribution in [2.45, 2.75) is 50.9 Å². The largest absolute Gasteiger partial charge is 0.380 e. The number of hydrogen-bond donors (Lipinski definition) is 1. The number of nitrogens with one attached hydrogen (secondary N) is 1. The summed E-state index contributed by atoms with van der Waals surface area (Å²) in [4.78, 5) is 46.0. The summed E-state index contributed by atoms with van der Waals surface area (Å²) in [6, 6.07) is 5.93. The Balaban J connectivity index is 1.15. The van der Waals surface area contributed by atoms with Crippen molar-refractivity contribution in [3.63, 3.8) is 0 Å². The van der Waals surface area contributed by atoms with Crippen molar-refractivity contribution in [3.8, 4) is 11.3 Å². The van der Waals surface area contributed by atoms with E-state index < -0.39 is 33.5 Å². The average molecular weight is 622 g/mol. The highest BCUT2D eigenvalue weighted by molar-refractivity contribution is 7.92. The molecule has 0 aliphatic carbocycles. The van der Waals surface area contributed by atoms with E-state index in [1.807, 2.05) is 22.9 Å².